The Morgan fingerprint density at radius 1 is 1.12 bits per heavy atom. The van der Waals surface area contributed by atoms with Gasteiger partial charge in [0, 0.05) is 49.8 Å². The number of amides is 1. The standard InChI is InChI=1S/C21H24N4O/c26-21(19-16-18(8-11-22-19)24-12-3-4-13-24)23-10-5-14-25-15-9-17-6-1-2-7-20(17)25/h1-2,6-9,11,15-16H,3-5,10,12-14H2,(H,23,26). The average molecular weight is 348 g/mol. The second-order valence-corrected chi connectivity index (χ2v) is 6.77. The van der Waals surface area contributed by atoms with Crippen LogP contribution in [-0.2, 0) is 6.54 Å². The molecule has 1 aromatic carbocycles. The van der Waals surface area contributed by atoms with Crippen LogP contribution in [0.5, 0.6) is 0 Å². The van der Waals surface area contributed by atoms with Crippen molar-refractivity contribution in [3.8, 4) is 0 Å². The van der Waals surface area contributed by atoms with Crippen LogP contribution in [0.2, 0.25) is 0 Å². The first-order chi connectivity index (χ1) is 12.8. The summed E-state index contributed by atoms with van der Waals surface area (Å²) in [6.45, 7) is 3.65. The van der Waals surface area contributed by atoms with Crippen LogP contribution in [0.4, 0.5) is 5.69 Å². The third kappa shape index (κ3) is 3.57. The molecule has 1 fully saturated rings. The fourth-order valence-electron chi connectivity index (χ4n) is 3.59. The van der Waals surface area contributed by atoms with Crippen molar-refractivity contribution in [1.82, 2.24) is 14.9 Å². The molecule has 134 valence electrons. The summed E-state index contributed by atoms with van der Waals surface area (Å²) in [6, 6.07) is 14.4. The Bertz CT molecular complexity index is 896. The Morgan fingerprint density at radius 3 is 2.85 bits per heavy atom. The minimum Gasteiger partial charge on any atom is -0.371 e. The molecule has 1 aliphatic heterocycles. The monoisotopic (exact) mass is 348 g/mol. The molecule has 0 aliphatic carbocycles. The Balaban J connectivity index is 1.30. The highest BCUT2D eigenvalue weighted by Gasteiger charge is 2.14. The van der Waals surface area contributed by atoms with E-state index in [0.29, 0.717) is 12.2 Å². The second-order valence-electron chi connectivity index (χ2n) is 6.77. The Hall–Kier alpha value is -2.82. The molecule has 26 heavy (non-hydrogen) atoms. The van der Waals surface area contributed by atoms with Crippen LogP contribution in [0.25, 0.3) is 10.9 Å². The second kappa shape index (κ2) is 7.60. The maximum Gasteiger partial charge on any atom is 0.269 e. The maximum absolute atomic E-state index is 12.4. The molecule has 0 radical (unpaired) electrons. The summed E-state index contributed by atoms with van der Waals surface area (Å²) in [5.41, 5.74) is 2.83. The number of pyridine rings is 1. The van der Waals surface area contributed by atoms with E-state index in [4.69, 9.17) is 0 Å². The minimum absolute atomic E-state index is 0.0941. The number of nitrogens with zero attached hydrogens (tertiary/aromatic N) is 3. The summed E-state index contributed by atoms with van der Waals surface area (Å²) >= 11 is 0. The summed E-state index contributed by atoms with van der Waals surface area (Å²) in [5.74, 6) is -0.0941. The van der Waals surface area contributed by atoms with Gasteiger partial charge in [-0.25, -0.2) is 0 Å². The first kappa shape index (κ1) is 16.6. The Morgan fingerprint density at radius 2 is 1.96 bits per heavy atom. The smallest absolute Gasteiger partial charge is 0.269 e. The summed E-state index contributed by atoms with van der Waals surface area (Å²) in [4.78, 5) is 18.9. The van der Waals surface area contributed by atoms with E-state index >= 15 is 0 Å². The molecule has 0 spiro atoms. The largest absolute Gasteiger partial charge is 0.371 e. The third-order valence-electron chi connectivity index (χ3n) is 4.99. The van der Waals surface area contributed by atoms with Crippen LogP contribution in [0.1, 0.15) is 29.8 Å². The van der Waals surface area contributed by atoms with Gasteiger partial charge in [-0.05, 0) is 48.9 Å². The first-order valence-electron chi connectivity index (χ1n) is 9.34. The number of rotatable bonds is 6. The van der Waals surface area contributed by atoms with Gasteiger partial charge in [-0.15, -0.1) is 0 Å². The lowest BCUT2D eigenvalue weighted by molar-refractivity contribution is 0.0948. The van der Waals surface area contributed by atoms with E-state index in [1.807, 2.05) is 12.1 Å². The molecule has 2 aromatic heterocycles. The van der Waals surface area contributed by atoms with E-state index in [0.717, 1.165) is 31.7 Å². The van der Waals surface area contributed by atoms with Crippen molar-refractivity contribution in [2.45, 2.75) is 25.8 Å². The van der Waals surface area contributed by atoms with Gasteiger partial charge >= 0.3 is 0 Å². The van der Waals surface area contributed by atoms with Gasteiger partial charge in [-0.2, -0.15) is 0 Å². The van der Waals surface area contributed by atoms with Crippen LogP contribution in [0, 0.1) is 0 Å². The molecule has 0 bridgehead atoms. The third-order valence-corrected chi connectivity index (χ3v) is 4.99. The van der Waals surface area contributed by atoms with Crippen LogP contribution in [0.3, 0.4) is 0 Å². The summed E-state index contributed by atoms with van der Waals surface area (Å²) in [7, 11) is 0. The molecule has 5 heteroatoms. The van der Waals surface area contributed by atoms with E-state index < -0.39 is 0 Å². The molecule has 0 unspecified atom stereocenters. The molecule has 5 nitrogen and oxygen atoms in total. The first-order valence-corrected chi connectivity index (χ1v) is 9.34. The van der Waals surface area contributed by atoms with E-state index in [1.165, 1.54) is 23.7 Å². The predicted molar refractivity (Wildman–Crippen MR) is 105 cm³/mol. The molecule has 1 amide bonds. The maximum atomic E-state index is 12.4. The van der Waals surface area contributed by atoms with Crippen LogP contribution in [0.15, 0.2) is 54.9 Å². The molecule has 1 aliphatic rings. The number of hydrogen-bond donors (Lipinski definition) is 1. The van der Waals surface area contributed by atoms with Crippen LogP contribution < -0.4 is 10.2 Å². The summed E-state index contributed by atoms with van der Waals surface area (Å²) in [6.07, 6.45) is 7.16. The normalized spacial score (nSPS) is 14.1. The van der Waals surface area contributed by atoms with Gasteiger partial charge in [-0.1, -0.05) is 18.2 Å². The predicted octanol–water partition coefficient (Wildman–Crippen LogP) is 3.46. The number of carbonyl (C=O) groups excluding carboxylic acids is 1. The molecule has 1 saturated heterocycles. The summed E-state index contributed by atoms with van der Waals surface area (Å²) in [5, 5.41) is 4.24. The van der Waals surface area contributed by atoms with Gasteiger partial charge in [0.05, 0.1) is 0 Å². The highest BCUT2D eigenvalue weighted by atomic mass is 16.1. The lowest BCUT2D eigenvalue weighted by Crippen LogP contribution is -2.26. The highest BCUT2D eigenvalue weighted by molar-refractivity contribution is 5.93. The van der Waals surface area contributed by atoms with Crippen LogP contribution >= 0.6 is 0 Å². The Labute approximate surface area is 153 Å². The quantitative estimate of drug-likeness (QED) is 0.694. The van der Waals surface area contributed by atoms with E-state index in [9.17, 15) is 4.79 Å². The number of fused-ring (bicyclic) bond motifs is 1. The molecular weight excluding hydrogens is 324 g/mol. The SMILES string of the molecule is O=C(NCCCn1ccc2ccccc21)c1cc(N2CCCC2)ccn1. The molecule has 0 saturated carbocycles. The van der Waals surface area contributed by atoms with E-state index in [2.05, 4.69) is 56.3 Å². The topological polar surface area (TPSA) is 50.2 Å². The van der Waals surface area contributed by atoms with Crippen molar-refractivity contribution >= 4 is 22.5 Å². The van der Waals surface area contributed by atoms with Gasteiger partial charge in [0.15, 0.2) is 0 Å². The fraction of sp³-hybridized carbons (Fsp3) is 0.333. The number of para-hydroxylation sites is 1. The number of nitrogens with one attached hydrogen (secondary N) is 1. The lowest BCUT2D eigenvalue weighted by atomic mass is 10.2. The number of hydrogen-bond acceptors (Lipinski definition) is 3. The Kier molecular flexibility index (Phi) is 4.86. The number of benzene rings is 1. The lowest BCUT2D eigenvalue weighted by Gasteiger charge is -2.17. The molecular formula is C21H24N4O. The molecule has 1 N–H and O–H groups in total. The van der Waals surface area contributed by atoms with Gasteiger partial charge in [0.25, 0.3) is 5.91 Å². The van der Waals surface area contributed by atoms with Crippen molar-refractivity contribution in [3.63, 3.8) is 0 Å². The molecule has 0 atom stereocenters. The highest BCUT2D eigenvalue weighted by Crippen LogP contribution is 2.20. The molecule has 3 aromatic rings. The number of anilines is 1. The van der Waals surface area contributed by atoms with Gasteiger partial charge in [0.2, 0.25) is 0 Å². The van der Waals surface area contributed by atoms with Crippen molar-refractivity contribution in [3.05, 3.63) is 60.6 Å². The zero-order chi connectivity index (χ0) is 17.8. The number of carbonyl (C=O) groups is 1. The van der Waals surface area contributed by atoms with Crippen molar-refractivity contribution < 1.29 is 4.79 Å². The van der Waals surface area contributed by atoms with Crippen molar-refractivity contribution in [2.24, 2.45) is 0 Å². The molecule has 4 rings (SSSR count). The number of aryl methyl sites for hydroxylation is 1. The number of aromatic nitrogens is 2. The molecule has 3 heterocycles. The van der Waals surface area contributed by atoms with E-state index in [1.54, 1.807) is 6.20 Å². The van der Waals surface area contributed by atoms with Gasteiger partial charge < -0.3 is 14.8 Å². The fourth-order valence-corrected chi connectivity index (χ4v) is 3.59. The van der Waals surface area contributed by atoms with Crippen molar-refractivity contribution in [1.29, 1.82) is 0 Å². The average Bonchev–Trinajstić information content (AvgIpc) is 3.35. The zero-order valence-corrected chi connectivity index (χ0v) is 14.9. The van der Waals surface area contributed by atoms with Gasteiger partial charge in [0.1, 0.15) is 5.69 Å². The van der Waals surface area contributed by atoms with Gasteiger partial charge in [-0.3, -0.25) is 9.78 Å². The van der Waals surface area contributed by atoms with Crippen LogP contribution in [-0.4, -0.2) is 35.1 Å². The minimum atomic E-state index is -0.0941. The zero-order valence-electron chi connectivity index (χ0n) is 14.9. The summed E-state index contributed by atoms with van der Waals surface area (Å²) < 4.78 is 2.23. The van der Waals surface area contributed by atoms with E-state index in [-0.39, 0.29) is 5.91 Å². The van der Waals surface area contributed by atoms with Crippen molar-refractivity contribution in [2.75, 3.05) is 24.5 Å².